The average molecular weight is 231 g/mol. The zero-order valence-electron chi connectivity index (χ0n) is 10.7. The maximum atomic E-state index is 5.26. The molecular formula is C11H25N3S. The zero-order chi connectivity index (χ0) is 11.8. The molecule has 0 aromatic rings. The molecule has 0 bridgehead atoms. The van der Waals surface area contributed by atoms with Gasteiger partial charge in [0.2, 0.25) is 0 Å². The maximum Gasteiger partial charge on any atom is 0.0397 e. The van der Waals surface area contributed by atoms with Crippen LogP contribution in [0.3, 0.4) is 0 Å². The smallest absolute Gasteiger partial charge is 0.0397 e. The molecule has 1 aliphatic heterocycles. The van der Waals surface area contributed by atoms with Gasteiger partial charge in [-0.3, -0.25) is 0 Å². The fourth-order valence-electron chi connectivity index (χ4n) is 1.44. The molecule has 1 saturated heterocycles. The van der Waals surface area contributed by atoms with Gasteiger partial charge in [-0.1, -0.05) is 26.1 Å². The first-order chi connectivity index (χ1) is 7.11. The molecule has 1 heterocycles. The fourth-order valence-corrected chi connectivity index (χ4v) is 1.74. The van der Waals surface area contributed by atoms with E-state index in [-0.39, 0.29) is 0 Å². The molecule has 0 spiro atoms. The topological polar surface area (TPSA) is 18.5 Å². The second kappa shape index (κ2) is 8.16. The van der Waals surface area contributed by atoms with Crippen molar-refractivity contribution in [2.24, 2.45) is 0 Å². The predicted molar refractivity (Wildman–Crippen MR) is 71.3 cm³/mol. The lowest BCUT2D eigenvalue weighted by molar-refractivity contribution is 0.0541. The van der Waals surface area contributed by atoms with Crippen LogP contribution in [0.2, 0.25) is 0 Å². The molecule has 4 heteroatoms. The molecule has 90 valence electrons. The van der Waals surface area contributed by atoms with Gasteiger partial charge in [-0.2, -0.15) is 0 Å². The Morgan fingerprint density at radius 2 is 1.93 bits per heavy atom. The number of rotatable bonds is 4. The molecular weight excluding hydrogens is 206 g/mol. The Kier molecular flexibility index (Phi) is 8.14. The normalized spacial score (nSPS) is 20.7. The van der Waals surface area contributed by atoms with Crippen LogP contribution < -0.4 is 5.32 Å². The third-order valence-electron chi connectivity index (χ3n) is 2.58. The van der Waals surface area contributed by atoms with Crippen LogP contribution in [0.25, 0.3) is 0 Å². The van der Waals surface area contributed by atoms with E-state index in [4.69, 9.17) is 12.2 Å². The molecule has 1 unspecified atom stereocenters. The molecule has 1 atom stereocenters. The second-order valence-corrected chi connectivity index (χ2v) is 4.26. The molecule has 1 aliphatic rings. The summed E-state index contributed by atoms with van der Waals surface area (Å²) in [5, 5.41) is 7.71. The molecule has 0 aromatic carbocycles. The highest BCUT2D eigenvalue weighted by atomic mass is 32.1. The van der Waals surface area contributed by atoms with Crippen LogP contribution in [-0.2, 0) is 0 Å². The van der Waals surface area contributed by atoms with Crippen molar-refractivity contribution in [3.8, 4) is 0 Å². The number of thiocarbonyl (C=S) groups is 1. The van der Waals surface area contributed by atoms with Crippen molar-refractivity contribution >= 4 is 17.1 Å². The highest BCUT2D eigenvalue weighted by molar-refractivity contribution is 7.80. The highest BCUT2D eigenvalue weighted by Gasteiger charge is 2.19. The molecule has 0 aliphatic carbocycles. The van der Waals surface area contributed by atoms with Gasteiger partial charge in [0.25, 0.3) is 0 Å². The Morgan fingerprint density at radius 3 is 2.33 bits per heavy atom. The quantitative estimate of drug-likeness (QED) is 0.584. The van der Waals surface area contributed by atoms with Crippen molar-refractivity contribution in [1.29, 1.82) is 0 Å². The first-order valence-electron chi connectivity index (χ1n) is 5.75. The van der Waals surface area contributed by atoms with Gasteiger partial charge in [-0.15, -0.1) is 0 Å². The maximum absolute atomic E-state index is 5.26. The van der Waals surface area contributed by atoms with Crippen LogP contribution in [0, 0.1) is 0 Å². The van der Waals surface area contributed by atoms with E-state index in [2.05, 4.69) is 36.5 Å². The van der Waals surface area contributed by atoms with Crippen LogP contribution in [0.1, 0.15) is 26.7 Å². The SMILES string of the molecule is CC.CN(C)N(C)CCC1NCCC1=S. The predicted octanol–water partition coefficient (Wildman–Crippen LogP) is 1.54. The van der Waals surface area contributed by atoms with Crippen molar-refractivity contribution < 1.29 is 0 Å². The largest absolute Gasteiger partial charge is 0.309 e. The summed E-state index contributed by atoms with van der Waals surface area (Å²) in [4.78, 5) is 1.20. The summed E-state index contributed by atoms with van der Waals surface area (Å²) < 4.78 is 0. The molecule has 0 radical (unpaired) electrons. The van der Waals surface area contributed by atoms with Gasteiger partial charge >= 0.3 is 0 Å². The zero-order valence-corrected chi connectivity index (χ0v) is 11.5. The summed E-state index contributed by atoms with van der Waals surface area (Å²) in [7, 11) is 6.21. The van der Waals surface area contributed by atoms with Crippen LogP contribution in [0.15, 0.2) is 0 Å². The minimum Gasteiger partial charge on any atom is -0.309 e. The van der Waals surface area contributed by atoms with E-state index in [9.17, 15) is 0 Å². The first kappa shape index (κ1) is 15.0. The summed E-state index contributed by atoms with van der Waals surface area (Å²) in [6, 6.07) is 0.470. The monoisotopic (exact) mass is 231 g/mol. The van der Waals surface area contributed by atoms with E-state index >= 15 is 0 Å². The van der Waals surface area contributed by atoms with Gasteiger partial charge in [0, 0.05) is 45.1 Å². The Bertz CT molecular complexity index is 183. The van der Waals surface area contributed by atoms with Gasteiger partial charge in [0.1, 0.15) is 0 Å². The summed E-state index contributed by atoms with van der Waals surface area (Å²) in [6.45, 7) is 6.12. The molecule has 15 heavy (non-hydrogen) atoms. The third-order valence-corrected chi connectivity index (χ3v) is 3.06. The van der Waals surface area contributed by atoms with Crippen molar-refractivity contribution in [2.45, 2.75) is 32.7 Å². The van der Waals surface area contributed by atoms with Gasteiger partial charge in [0.15, 0.2) is 0 Å². The summed E-state index contributed by atoms with van der Waals surface area (Å²) in [5.74, 6) is 0. The molecule has 3 nitrogen and oxygen atoms in total. The summed E-state index contributed by atoms with van der Waals surface area (Å²) in [5.41, 5.74) is 0. The van der Waals surface area contributed by atoms with Crippen molar-refractivity contribution in [3.05, 3.63) is 0 Å². The van der Waals surface area contributed by atoms with E-state index in [1.807, 2.05) is 13.8 Å². The third kappa shape index (κ3) is 5.56. The van der Waals surface area contributed by atoms with Crippen LogP contribution in [-0.4, -0.2) is 55.2 Å². The molecule has 1 fully saturated rings. The minimum atomic E-state index is 0.470. The summed E-state index contributed by atoms with van der Waals surface area (Å²) >= 11 is 5.26. The number of nitrogens with one attached hydrogen (secondary N) is 1. The molecule has 0 amide bonds. The van der Waals surface area contributed by atoms with Gasteiger partial charge in [0.05, 0.1) is 0 Å². The van der Waals surface area contributed by atoms with Crippen LogP contribution in [0.4, 0.5) is 0 Å². The van der Waals surface area contributed by atoms with E-state index in [0.29, 0.717) is 6.04 Å². The lowest BCUT2D eigenvalue weighted by Crippen LogP contribution is -2.37. The Hall–Kier alpha value is -0.0300. The number of hydrogen-bond acceptors (Lipinski definition) is 4. The lowest BCUT2D eigenvalue weighted by Gasteiger charge is -2.25. The van der Waals surface area contributed by atoms with Gasteiger partial charge in [-0.05, 0) is 12.8 Å². The number of hydrazine groups is 1. The van der Waals surface area contributed by atoms with E-state index in [1.165, 1.54) is 4.86 Å². The number of nitrogens with zero attached hydrogens (tertiary/aromatic N) is 2. The molecule has 1 N–H and O–H groups in total. The van der Waals surface area contributed by atoms with E-state index < -0.39 is 0 Å². The standard InChI is InChI=1S/C9H19N3S.C2H6/c1-11(2)12(3)7-5-8-9(13)4-6-10-8;1-2/h8,10H,4-7H2,1-3H3;1-2H3. The number of hydrogen-bond donors (Lipinski definition) is 1. The van der Waals surface area contributed by atoms with Crippen LogP contribution in [0.5, 0.6) is 0 Å². The highest BCUT2D eigenvalue weighted by Crippen LogP contribution is 2.07. The average Bonchev–Trinajstić information content (AvgIpc) is 2.63. The van der Waals surface area contributed by atoms with Gasteiger partial charge < -0.3 is 5.32 Å². The first-order valence-corrected chi connectivity index (χ1v) is 6.16. The Labute approximate surface area is 99.8 Å². The fraction of sp³-hybridized carbons (Fsp3) is 0.909. The van der Waals surface area contributed by atoms with Crippen LogP contribution >= 0.6 is 12.2 Å². The Balaban J connectivity index is 0.000000921. The molecule has 1 rings (SSSR count). The molecule has 0 aromatic heterocycles. The minimum absolute atomic E-state index is 0.470. The lowest BCUT2D eigenvalue weighted by atomic mass is 10.1. The van der Waals surface area contributed by atoms with Gasteiger partial charge in [-0.25, -0.2) is 10.0 Å². The molecule has 0 saturated carbocycles. The Morgan fingerprint density at radius 1 is 1.33 bits per heavy atom. The summed E-state index contributed by atoms with van der Waals surface area (Å²) in [6.07, 6.45) is 2.19. The van der Waals surface area contributed by atoms with Crippen molar-refractivity contribution in [1.82, 2.24) is 15.3 Å². The van der Waals surface area contributed by atoms with E-state index in [1.54, 1.807) is 0 Å². The van der Waals surface area contributed by atoms with E-state index in [0.717, 1.165) is 25.9 Å². The second-order valence-electron chi connectivity index (χ2n) is 3.74. The van der Waals surface area contributed by atoms with Crippen molar-refractivity contribution in [3.63, 3.8) is 0 Å². The van der Waals surface area contributed by atoms with Crippen molar-refractivity contribution in [2.75, 3.05) is 34.2 Å².